The van der Waals surface area contributed by atoms with Crippen LogP contribution in [0.15, 0.2) is 17.1 Å². The van der Waals surface area contributed by atoms with Gasteiger partial charge in [-0.25, -0.2) is 4.68 Å². The summed E-state index contributed by atoms with van der Waals surface area (Å²) in [6.07, 6.45) is 2.73. The fraction of sp³-hybridized carbons (Fsp3) is 0.692. The lowest BCUT2D eigenvalue weighted by atomic mass is 10.3. The van der Waals surface area contributed by atoms with Gasteiger partial charge in [0.2, 0.25) is 0 Å². The monoisotopic (exact) mass is 265 g/mol. The van der Waals surface area contributed by atoms with Crippen LogP contribution in [-0.2, 0) is 6.54 Å². The number of nitrogens with one attached hydrogen (secondary N) is 1. The summed E-state index contributed by atoms with van der Waals surface area (Å²) in [5.74, 6) is 0. The molecule has 0 atom stereocenters. The molecule has 1 fully saturated rings. The second-order valence-electron chi connectivity index (χ2n) is 5.02. The van der Waals surface area contributed by atoms with Gasteiger partial charge in [0.05, 0.1) is 11.9 Å². The highest BCUT2D eigenvalue weighted by atomic mass is 16.1. The number of rotatable bonds is 5. The minimum atomic E-state index is -0.00692. The molecule has 0 unspecified atom stereocenters. The number of anilines is 1. The molecule has 0 amide bonds. The molecular weight excluding hydrogens is 242 g/mol. The van der Waals surface area contributed by atoms with Crippen molar-refractivity contribution in [3.8, 4) is 0 Å². The first kappa shape index (κ1) is 14.0. The molecule has 6 heteroatoms. The van der Waals surface area contributed by atoms with Crippen LogP contribution in [0.5, 0.6) is 0 Å². The molecule has 1 aliphatic rings. The van der Waals surface area contributed by atoms with Crippen molar-refractivity contribution in [2.45, 2.75) is 13.0 Å². The molecular formula is C13H23N5O. The maximum Gasteiger partial charge on any atom is 0.268 e. The summed E-state index contributed by atoms with van der Waals surface area (Å²) < 4.78 is 1.54. The first-order chi connectivity index (χ1) is 9.20. The number of aromatic nitrogens is 2. The predicted octanol–water partition coefficient (Wildman–Crippen LogP) is -0.395. The van der Waals surface area contributed by atoms with Crippen molar-refractivity contribution in [1.82, 2.24) is 20.0 Å². The molecule has 1 aromatic rings. The zero-order valence-electron chi connectivity index (χ0n) is 11.8. The molecule has 1 N–H and O–H groups in total. The van der Waals surface area contributed by atoms with E-state index in [4.69, 9.17) is 0 Å². The summed E-state index contributed by atoms with van der Waals surface area (Å²) in [7, 11) is 4.03. The molecule has 2 heterocycles. The molecule has 6 nitrogen and oxygen atoms in total. The molecule has 0 spiro atoms. The van der Waals surface area contributed by atoms with Crippen molar-refractivity contribution >= 4 is 5.69 Å². The first-order valence-corrected chi connectivity index (χ1v) is 6.86. The normalized spacial score (nSPS) is 16.8. The Bertz CT molecular complexity index is 451. The van der Waals surface area contributed by atoms with Crippen LogP contribution in [-0.4, -0.2) is 61.5 Å². The van der Waals surface area contributed by atoms with Crippen LogP contribution in [0.4, 0.5) is 5.69 Å². The van der Waals surface area contributed by atoms with Gasteiger partial charge in [-0.05, 0) is 27.1 Å². The highest BCUT2D eigenvalue weighted by molar-refractivity contribution is 5.43. The van der Waals surface area contributed by atoms with E-state index >= 15 is 0 Å². The zero-order chi connectivity index (χ0) is 13.7. The van der Waals surface area contributed by atoms with E-state index in [9.17, 15) is 4.79 Å². The minimum absolute atomic E-state index is 0.00692. The van der Waals surface area contributed by atoms with Crippen molar-refractivity contribution in [3.05, 3.63) is 22.6 Å². The largest absolute Gasteiger partial charge is 0.368 e. The van der Waals surface area contributed by atoms with E-state index in [1.54, 1.807) is 6.07 Å². The number of piperazine rings is 1. The molecule has 1 aromatic heterocycles. The predicted molar refractivity (Wildman–Crippen MR) is 76.8 cm³/mol. The molecule has 2 rings (SSSR count). The summed E-state index contributed by atoms with van der Waals surface area (Å²) in [4.78, 5) is 16.5. The van der Waals surface area contributed by atoms with Gasteiger partial charge in [-0.15, -0.1) is 0 Å². The Morgan fingerprint density at radius 3 is 2.68 bits per heavy atom. The summed E-state index contributed by atoms with van der Waals surface area (Å²) in [5, 5.41) is 7.33. The SMILES string of the molecule is CNCCCn1ncc(N2CCN(C)CC2)cc1=O. The Balaban J connectivity index is 2.00. The van der Waals surface area contributed by atoms with Crippen LogP contribution in [0.3, 0.4) is 0 Å². The molecule has 0 saturated carbocycles. The number of nitrogens with zero attached hydrogens (tertiary/aromatic N) is 4. The molecule has 0 aliphatic carbocycles. The highest BCUT2D eigenvalue weighted by Gasteiger charge is 2.15. The van der Waals surface area contributed by atoms with Crippen molar-refractivity contribution in [3.63, 3.8) is 0 Å². The van der Waals surface area contributed by atoms with Crippen LogP contribution < -0.4 is 15.8 Å². The number of aryl methyl sites for hydroxylation is 1. The summed E-state index contributed by atoms with van der Waals surface area (Å²) in [6, 6.07) is 1.71. The van der Waals surface area contributed by atoms with Crippen LogP contribution in [0, 0.1) is 0 Å². The van der Waals surface area contributed by atoms with Crippen molar-refractivity contribution < 1.29 is 0 Å². The van der Waals surface area contributed by atoms with E-state index in [-0.39, 0.29) is 5.56 Å². The smallest absolute Gasteiger partial charge is 0.268 e. The fourth-order valence-corrected chi connectivity index (χ4v) is 2.24. The maximum absolute atomic E-state index is 12.0. The van der Waals surface area contributed by atoms with Gasteiger partial charge >= 0.3 is 0 Å². The number of hydrogen-bond acceptors (Lipinski definition) is 5. The average molecular weight is 265 g/mol. The maximum atomic E-state index is 12.0. The third-order valence-electron chi connectivity index (χ3n) is 3.52. The Morgan fingerprint density at radius 1 is 1.32 bits per heavy atom. The first-order valence-electron chi connectivity index (χ1n) is 6.86. The summed E-state index contributed by atoms with van der Waals surface area (Å²) in [6.45, 7) is 5.55. The lowest BCUT2D eigenvalue weighted by molar-refractivity contribution is 0.312. The van der Waals surface area contributed by atoms with Gasteiger partial charge in [0.1, 0.15) is 0 Å². The van der Waals surface area contributed by atoms with Gasteiger partial charge < -0.3 is 15.1 Å². The molecule has 1 saturated heterocycles. The molecule has 0 bridgehead atoms. The van der Waals surface area contributed by atoms with Gasteiger partial charge in [-0.1, -0.05) is 0 Å². The van der Waals surface area contributed by atoms with Gasteiger partial charge in [-0.3, -0.25) is 4.79 Å². The van der Waals surface area contributed by atoms with E-state index in [2.05, 4.69) is 27.3 Å². The third kappa shape index (κ3) is 3.78. The standard InChI is InChI=1S/C13H23N5O/c1-14-4-3-5-18-13(19)10-12(11-15-18)17-8-6-16(2)7-9-17/h10-11,14H,3-9H2,1-2H3. The fourth-order valence-electron chi connectivity index (χ4n) is 2.24. The average Bonchev–Trinajstić information content (AvgIpc) is 2.42. The Hall–Kier alpha value is -1.40. The van der Waals surface area contributed by atoms with Crippen LogP contribution in [0.25, 0.3) is 0 Å². The second-order valence-corrected chi connectivity index (χ2v) is 5.02. The molecule has 1 aliphatic heterocycles. The van der Waals surface area contributed by atoms with Crippen molar-refractivity contribution in [1.29, 1.82) is 0 Å². The Labute approximate surface area is 114 Å². The lowest BCUT2D eigenvalue weighted by Gasteiger charge is -2.33. The van der Waals surface area contributed by atoms with E-state index in [0.29, 0.717) is 6.54 Å². The van der Waals surface area contributed by atoms with Crippen LogP contribution in [0.1, 0.15) is 6.42 Å². The number of hydrogen-bond donors (Lipinski definition) is 1. The minimum Gasteiger partial charge on any atom is -0.368 e. The Kier molecular flexibility index (Phi) is 4.93. The topological polar surface area (TPSA) is 53.4 Å². The van der Waals surface area contributed by atoms with Gasteiger partial charge in [0.15, 0.2) is 0 Å². The van der Waals surface area contributed by atoms with Gasteiger partial charge in [0.25, 0.3) is 5.56 Å². The third-order valence-corrected chi connectivity index (χ3v) is 3.52. The molecule has 0 aromatic carbocycles. The van der Waals surface area contributed by atoms with Gasteiger partial charge in [0, 0.05) is 38.8 Å². The van der Waals surface area contributed by atoms with E-state index in [1.807, 2.05) is 13.2 Å². The molecule has 19 heavy (non-hydrogen) atoms. The summed E-state index contributed by atoms with van der Waals surface area (Å²) in [5.41, 5.74) is 0.940. The second kappa shape index (κ2) is 6.68. The van der Waals surface area contributed by atoms with E-state index in [0.717, 1.165) is 44.8 Å². The van der Waals surface area contributed by atoms with E-state index < -0.39 is 0 Å². The molecule has 0 radical (unpaired) electrons. The van der Waals surface area contributed by atoms with Crippen LogP contribution >= 0.6 is 0 Å². The van der Waals surface area contributed by atoms with Crippen molar-refractivity contribution in [2.75, 3.05) is 51.7 Å². The summed E-state index contributed by atoms with van der Waals surface area (Å²) >= 11 is 0. The molecule has 106 valence electrons. The zero-order valence-corrected chi connectivity index (χ0v) is 11.8. The van der Waals surface area contributed by atoms with E-state index in [1.165, 1.54) is 4.68 Å². The highest BCUT2D eigenvalue weighted by Crippen LogP contribution is 2.11. The number of likely N-dealkylation sites (N-methyl/N-ethyl adjacent to an activating group) is 1. The van der Waals surface area contributed by atoms with Crippen molar-refractivity contribution in [2.24, 2.45) is 0 Å². The quantitative estimate of drug-likeness (QED) is 0.735. The lowest BCUT2D eigenvalue weighted by Crippen LogP contribution is -2.45. The van der Waals surface area contributed by atoms with Crippen LogP contribution in [0.2, 0.25) is 0 Å². The van der Waals surface area contributed by atoms with Gasteiger partial charge in [-0.2, -0.15) is 5.10 Å². The Morgan fingerprint density at radius 2 is 2.05 bits per heavy atom.